The Bertz CT molecular complexity index is 393. The van der Waals surface area contributed by atoms with E-state index in [9.17, 15) is 4.79 Å². The van der Waals surface area contributed by atoms with Gasteiger partial charge in [-0.3, -0.25) is 4.79 Å². The van der Waals surface area contributed by atoms with Crippen molar-refractivity contribution >= 4 is 28.6 Å². The van der Waals surface area contributed by atoms with Crippen molar-refractivity contribution in [3.8, 4) is 0 Å². The zero-order valence-electron chi connectivity index (χ0n) is 9.37. The van der Waals surface area contributed by atoms with Gasteiger partial charge in [-0.15, -0.1) is 0 Å². The van der Waals surface area contributed by atoms with E-state index < -0.39 is 0 Å². The van der Waals surface area contributed by atoms with Gasteiger partial charge in [0.25, 0.3) is 5.97 Å². The fourth-order valence-corrected chi connectivity index (χ4v) is 1.49. The van der Waals surface area contributed by atoms with E-state index in [0.717, 1.165) is 0 Å². The molecule has 0 saturated carbocycles. The quantitative estimate of drug-likeness (QED) is 0.343. The van der Waals surface area contributed by atoms with Crippen molar-refractivity contribution in [3.63, 3.8) is 0 Å². The molecule has 0 aliphatic heterocycles. The second-order valence-corrected chi connectivity index (χ2v) is 4.24. The molecule has 98 valence electrons. The molecule has 0 fully saturated rings. The Balaban J connectivity index is 0.000000316. The summed E-state index contributed by atoms with van der Waals surface area (Å²) in [5, 5.41) is 0. The number of hydrogen-bond acceptors (Lipinski definition) is 2. The van der Waals surface area contributed by atoms with Crippen LogP contribution in [0, 0.1) is 3.57 Å². The average Bonchev–Trinajstić information content (AvgIpc) is 2.90. The summed E-state index contributed by atoms with van der Waals surface area (Å²) >= 11 is 2.28. The predicted octanol–water partition coefficient (Wildman–Crippen LogP) is 3.59. The van der Waals surface area contributed by atoms with Crippen LogP contribution in [0.1, 0.15) is 17.3 Å². The summed E-state index contributed by atoms with van der Waals surface area (Å²) in [7, 11) is 0. The van der Waals surface area contributed by atoms with E-state index >= 15 is 0 Å². The van der Waals surface area contributed by atoms with Gasteiger partial charge in [0.05, 0.1) is 6.61 Å². The van der Waals surface area contributed by atoms with E-state index in [1.807, 2.05) is 24.3 Å². The number of hydrogen-bond donors (Lipinski definition) is 0. The molecule has 2 aromatic carbocycles. The molecular formula is C13H13FeIO2-6. The molecule has 17 heavy (non-hydrogen) atoms. The largest absolute Gasteiger partial charge is 0.747 e. The molecule has 0 aliphatic rings. The Morgan fingerprint density at radius 2 is 1.82 bits per heavy atom. The van der Waals surface area contributed by atoms with Crippen molar-refractivity contribution in [3.05, 3.63) is 57.7 Å². The van der Waals surface area contributed by atoms with Crippen molar-refractivity contribution in [2.24, 2.45) is 0 Å². The third-order valence-electron chi connectivity index (χ3n) is 1.80. The van der Waals surface area contributed by atoms with E-state index in [1.165, 1.54) is 3.57 Å². The molecule has 0 spiro atoms. The van der Waals surface area contributed by atoms with Crippen molar-refractivity contribution < 1.29 is 26.6 Å². The zero-order valence-corrected chi connectivity index (χ0v) is 12.6. The minimum atomic E-state index is -0.243. The van der Waals surface area contributed by atoms with Crippen LogP contribution in [0.3, 0.4) is 0 Å². The molecule has 0 saturated heterocycles. The van der Waals surface area contributed by atoms with Gasteiger partial charge in [-0.05, 0) is 6.92 Å². The molecular weight excluding hydrogens is 371 g/mol. The molecule has 0 radical (unpaired) electrons. The second kappa shape index (κ2) is 9.45. The minimum Gasteiger partial charge on any atom is -0.747 e. The maximum atomic E-state index is 10.9. The number of carbonyl (C=O) groups is 1. The second-order valence-electron chi connectivity index (χ2n) is 3.00. The van der Waals surface area contributed by atoms with Gasteiger partial charge in [-0.1, -0.05) is 5.56 Å². The number of ether oxygens (including phenoxy) is 1. The van der Waals surface area contributed by atoms with Crippen LogP contribution in [-0.2, 0) is 21.8 Å². The van der Waals surface area contributed by atoms with Crippen LogP contribution >= 0.6 is 22.6 Å². The molecule has 0 aromatic heterocycles. The Labute approximate surface area is 126 Å². The van der Waals surface area contributed by atoms with Crippen LogP contribution in [-0.4, -0.2) is 12.6 Å². The number of rotatable bonds is 2. The van der Waals surface area contributed by atoms with E-state index in [1.54, 1.807) is 19.1 Å². The third-order valence-corrected chi connectivity index (χ3v) is 2.51. The molecule has 0 bridgehead atoms. The number of carbonyl (C=O) groups excluding carboxylic acids is 1. The standard InChI is InChI=1S/C8H9O2.C5H4I.Fe/c1-2-10-8(9)7-5-3-4-6-7;6-5-3-1-2-4-5;/h3-6H,2H2,1H3;1-4H;/q-1;-5;. The molecule has 2 rings (SSSR count). The number of halogens is 1. The fourth-order valence-electron chi connectivity index (χ4n) is 1.08. The Kier molecular flexibility index (Phi) is 9.13. The molecule has 0 atom stereocenters. The van der Waals surface area contributed by atoms with Gasteiger partial charge >= 0.3 is 0 Å². The molecule has 4 heteroatoms. The first-order valence-electron chi connectivity index (χ1n) is 5.00. The normalized spacial score (nSPS) is 8.59. The Hall–Kier alpha value is -0.581. The fraction of sp³-hybridized carbons (Fsp3) is 0.154. The van der Waals surface area contributed by atoms with E-state index in [-0.39, 0.29) is 23.0 Å². The van der Waals surface area contributed by atoms with Gasteiger partial charge < -0.3 is 55.2 Å². The first kappa shape index (κ1) is 16.4. The third kappa shape index (κ3) is 6.66. The predicted molar refractivity (Wildman–Crippen MR) is 72.7 cm³/mol. The van der Waals surface area contributed by atoms with Gasteiger partial charge in [0.15, 0.2) is 0 Å². The first-order valence-corrected chi connectivity index (χ1v) is 6.08. The smallest absolute Gasteiger partial charge is 0.281 e. The van der Waals surface area contributed by atoms with E-state index in [0.29, 0.717) is 12.2 Å². The summed E-state index contributed by atoms with van der Waals surface area (Å²) < 4.78 is 6.06. The zero-order chi connectivity index (χ0) is 11.8. The van der Waals surface area contributed by atoms with Gasteiger partial charge in [0, 0.05) is 17.1 Å². The maximum Gasteiger partial charge on any atom is 0.281 e. The van der Waals surface area contributed by atoms with Gasteiger partial charge in [0.2, 0.25) is 0 Å². The maximum absolute atomic E-state index is 10.9. The molecule has 0 amide bonds. The molecule has 0 heterocycles. The van der Waals surface area contributed by atoms with Crippen LogP contribution in [0.15, 0.2) is 48.5 Å². The monoisotopic (exact) mass is 384 g/mol. The van der Waals surface area contributed by atoms with Crippen LogP contribution < -0.4 is 0 Å². The van der Waals surface area contributed by atoms with Crippen molar-refractivity contribution in [1.29, 1.82) is 0 Å². The molecule has 2 nitrogen and oxygen atoms in total. The molecule has 2 aromatic rings. The van der Waals surface area contributed by atoms with E-state index in [2.05, 4.69) is 34.7 Å². The van der Waals surface area contributed by atoms with Gasteiger partial charge in [-0.2, -0.15) is 12.1 Å². The number of esters is 1. The first-order chi connectivity index (χ1) is 7.74. The summed E-state index contributed by atoms with van der Waals surface area (Å²) in [6.45, 7) is 2.23. The van der Waals surface area contributed by atoms with Crippen LogP contribution in [0.5, 0.6) is 0 Å². The van der Waals surface area contributed by atoms with Crippen LogP contribution in [0.2, 0.25) is 0 Å². The minimum absolute atomic E-state index is 0. The Morgan fingerprint density at radius 3 is 2.18 bits per heavy atom. The van der Waals surface area contributed by atoms with Gasteiger partial charge in [0.1, 0.15) is 0 Å². The van der Waals surface area contributed by atoms with Gasteiger partial charge in [-0.25, -0.2) is 12.1 Å². The Morgan fingerprint density at radius 1 is 1.29 bits per heavy atom. The summed E-state index contributed by atoms with van der Waals surface area (Å²) in [6, 6.07) is 15.3. The van der Waals surface area contributed by atoms with Crippen molar-refractivity contribution in [1.82, 2.24) is 0 Å². The van der Waals surface area contributed by atoms with E-state index in [4.69, 9.17) is 4.74 Å². The van der Waals surface area contributed by atoms with Crippen LogP contribution in [0.25, 0.3) is 0 Å². The average molecular weight is 384 g/mol. The topological polar surface area (TPSA) is 26.3 Å². The molecule has 0 N–H and O–H groups in total. The summed E-state index contributed by atoms with van der Waals surface area (Å²) in [6.07, 6.45) is 0. The molecule has 0 aliphatic carbocycles. The van der Waals surface area contributed by atoms with Crippen molar-refractivity contribution in [2.45, 2.75) is 6.92 Å². The summed E-state index contributed by atoms with van der Waals surface area (Å²) in [5.41, 5.74) is 0.627. The summed E-state index contributed by atoms with van der Waals surface area (Å²) in [5.74, 6) is -0.243. The van der Waals surface area contributed by atoms with Crippen molar-refractivity contribution in [2.75, 3.05) is 6.61 Å². The molecule has 0 unspecified atom stereocenters. The summed E-state index contributed by atoms with van der Waals surface area (Å²) in [4.78, 5) is 10.9. The van der Waals surface area contributed by atoms with Crippen LogP contribution in [0.4, 0.5) is 0 Å². The SMILES string of the molecule is CCOC(=O)[c-]1cccc1.I[c-]1[cH-][cH-][cH-][cH-]1.[Fe].